The molecular formula is C45H27N3O. The number of benzene rings is 7. The lowest BCUT2D eigenvalue weighted by Gasteiger charge is -2.12. The normalized spacial score (nSPS) is 11.7. The van der Waals surface area contributed by atoms with Gasteiger partial charge in [-0.05, 0) is 35.4 Å². The van der Waals surface area contributed by atoms with Gasteiger partial charge in [-0.1, -0.05) is 140 Å². The zero-order valence-corrected chi connectivity index (χ0v) is 26.3. The van der Waals surface area contributed by atoms with E-state index in [-0.39, 0.29) is 0 Å². The monoisotopic (exact) mass is 625 g/mol. The zero-order valence-electron chi connectivity index (χ0n) is 26.3. The Hall–Kier alpha value is -6.65. The molecule has 7 aromatic carbocycles. The molecule has 228 valence electrons. The van der Waals surface area contributed by atoms with Crippen molar-refractivity contribution in [1.29, 1.82) is 0 Å². The van der Waals surface area contributed by atoms with E-state index in [0.717, 1.165) is 93.7 Å². The third kappa shape index (κ3) is 4.49. The van der Waals surface area contributed by atoms with Gasteiger partial charge in [0.2, 0.25) is 0 Å². The van der Waals surface area contributed by atoms with Crippen molar-refractivity contribution >= 4 is 54.5 Å². The quantitative estimate of drug-likeness (QED) is 0.183. The Morgan fingerprint density at radius 1 is 0.327 bits per heavy atom. The summed E-state index contributed by atoms with van der Waals surface area (Å²) in [5.41, 5.74) is 10.9. The lowest BCUT2D eigenvalue weighted by atomic mass is 9.96. The highest BCUT2D eigenvalue weighted by Gasteiger charge is 2.17. The van der Waals surface area contributed by atoms with Crippen LogP contribution < -0.4 is 0 Å². The molecule has 3 aromatic heterocycles. The maximum Gasteiger partial charge on any atom is 0.160 e. The predicted octanol–water partition coefficient (Wildman–Crippen LogP) is 11.9. The van der Waals surface area contributed by atoms with E-state index >= 15 is 0 Å². The molecule has 0 fully saturated rings. The predicted molar refractivity (Wildman–Crippen MR) is 201 cm³/mol. The van der Waals surface area contributed by atoms with Crippen LogP contribution in [0.25, 0.3) is 99.5 Å². The highest BCUT2D eigenvalue weighted by molar-refractivity contribution is 6.24. The second-order valence-electron chi connectivity index (χ2n) is 12.4. The Kier molecular flexibility index (Phi) is 6.15. The van der Waals surface area contributed by atoms with Gasteiger partial charge in [0.05, 0.1) is 22.4 Å². The fraction of sp³-hybridized carbons (Fsp3) is 0. The number of pyridine rings is 1. The summed E-state index contributed by atoms with van der Waals surface area (Å²) in [7, 11) is 0. The second-order valence-corrected chi connectivity index (χ2v) is 12.4. The molecule has 3 heterocycles. The molecule has 49 heavy (non-hydrogen) atoms. The number of para-hydroxylation sites is 3. The summed E-state index contributed by atoms with van der Waals surface area (Å²) in [5.74, 6) is 0.715. The maximum atomic E-state index is 6.50. The van der Waals surface area contributed by atoms with Crippen LogP contribution in [0.15, 0.2) is 168 Å². The molecule has 0 saturated carbocycles. The van der Waals surface area contributed by atoms with Crippen molar-refractivity contribution in [2.45, 2.75) is 0 Å². The first-order chi connectivity index (χ1) is 24.3. The molecule has 0 aliphatic heterocycles. The minimum absolute atomic E-state index is 0.715. The van der Waals surface area contributed by atoms with Gasteiger partial charge < -0.3 is 4.42 Å². The van der Waals surface area contributed by atoms with Crippen molar-refractivity contribution in [3.63, 3.8) is 0 Å². The molecule has 4 nitrogen and oxygen atoms in total. The van der Waals surface area contributed by atoms with E-state index in [1.807, 2.05) is 48.5 Å². The molecule has 10 aromatic rings. The first kappa shape index (κ1) is 27.5. The summed E-state index contributed by atoms with van der Waals surface area (Å²) in [4.78, 5) is 15.2. The van der Waals surface area contributed by atoms with Crippen molar-refractivity contribution < 1.29 is 4.42 Å². The zero-order chi connectivity index (χ0) is 32.3. The van der Waals surface area contributed by atoms with Crippen LogP contribution in [-0.4, -0.2) is 15.0 Å². The summed E-state index contributed by atoms with van der Waals surface area (Å²) in [6.07, 6.45) is 0. The minimum atomic E-state index is 0.715. The molecule has 0 amide bonds. The van der Waals surface area contributed by atoms with Crippen molar-refractivity contribution in [2.24, 2.45) is 0 Å². The van der Waals surface area contributed by atoms with Gasteiger partial charge in [0, 0.05) is 49.0 Å². The van der Waals surface area contributed by atoms with Crippen LogP contribution in [0.5, 0.6) is 0 Å². The molecule has 0 aliphatic rings. The van der Waals surface area contributed by atoms with Crippen LogP contribution in [0, 0.1) is 0 Å². The van der Waals surface area contributed by atoms with Gasteiger partial charge in [-0.2, -0.15) is 0 Å². The fourth-order valence-corrected chi connectivity index (χ4v) is 7.09. The molecule has 0 unspecified atom stereocenters. The largest absolute Gasteiger partial charge is 0.455 e. The summed E-state index contributed by atoms with van der Waals surface area (Å²) in [6.45, 7) is 0. The van der Waals surface area contributed by atoms with Gasteiger partial charge >= 0.3 is 0 Å². The number of hydrogen-bond donors (Lipinski definition) is 0. The average Bonchev–Trinajstić information content (AvgIpc) is 3.56. The number of hydrogen-bond acceptors (Lipinski definition) is 4. The van der Waals surface area contributed by atoms with Crippen LogP contribution in [-0.2, 0) is 0 Å². The van der Waals surface area contributed by atoms with Crippen molar-refractivity contribution in [3.8, 4) is 45.0 Å². The molecule has 0 bridgehead atoms. The molecule has 10 rings (SSSR count). The third-order valence-corrected chi connectivity index (χ3v) is 9.49. The second kappa shape index (κ2) is 11.0. The topological polar surface area (TPSA) is 51.8 Å². The molecule has 0 radical (unpaired) electrons. The van der Waals surface area contributed by atoms with Crippen LogP contribution in [0.2, 0.25) is 0 Å². The average molecular weight is 626 g/mol. The van der Waals surface area contributed by atoms with Crippen molar-refractivity contribution in [2.75, 3.05) is 0 Å². The Morgan fingerprint density at radius 3 is 1.61 bits per heavy atom. The van der Waals surface area contributed by atoms with Gasteiger partial charge in [0.1, 0.15) is 11.2 Å². The fourth-order valence-electron chi connectivity index (χ4n) is 7.09. The van der Waals surface area contributed by atoms with E-state index in [2.05, 4.69) is 115 Å². The van der Waals surface area contributed by atoms with Crippen LogP contribution in [0.1, 0.15) is 0 Å². The highest BCUT2D eigenvalue weighted by atomic mass is 16.3. The summed E-state index contributed by atoms with van der Waals surface area (Å²) in [6, 6.07) is 56.6. The van der Waals surface area contributed by atoms with Gasteiger partial charge in [-0.25, -0.2) is 15.0 Å². The number of nitrogens with zero attached hydrogens (tertiary/aromatic N) is 3. The standard InChI is InChI=1S/C45H27N3O/c1-2-10-30(11-3-1)42-36-14-5-8-16-39(36)47-45(48-42)32-24-20-29(21-25-32)28-18-22-31(23-19-28)43-37-27-26-34-33-12-6-9-17-40(33)49-44(34)41(37)35-13-4-7-15-38(35)46-43/h1-27H. The Bertz CT molecular complexity index is 2860. The number of rotatable bonds is 4. The lowest BCUT2D eigenvalue weighted by Crippen LogP contribution is -1.95. The number of fused-ring (bicyclic) bond motifs is 8. The van der Waals surface area contributed by atoms with Crippen molar-refractivity contribution in [1.82, 2.24) is 15.0 Å². The molecule has 0 aliphatic carbocycles. The molecule has 0 spiro atoms. The van der Waals surface area contributed by atoms with Gasteiger partial charge in [-0.15, -0.1) is 0 Å². The van der Waals surface area contributed by atoms with E-state index in [4.69, 9.17) is 19.4 Å². The van der Waals surface area contributed by atoms with Gasteiger partial charge in [-0.3, -0.25) is 0 Å². The summed E-state index contributed by atoms with van der Waals surface area (Å²) < 4.78 is 6.50. The number of aromatic nitrogens is 3. The Labute approximate surface area is 282 Å². The Balaban J connectivity index is 1.04. The van der Waals surface area contributed by atoms with Gasteiger partial charge in [0.25, 0.3) is 0 Å². The third-order valence-electron chi connectivity index (χ3n) is 9.49. The van der Waals surface area contributed by atoms with E-state index in [1.165, 1.54) is 0 Å². The van der Waals surface area contributed by atoms with E-state index in [9.17, 15) is 0 Å². The molecule has 0 saturated heterocycles. The van der Waals surface area contributed by atoms with E-state index in [1.54, 1.807) is 0 Å². The molecule has 0 N–H and O–H groups in total. The van der Waals surface area contributed by atoms with Gasteiger partial charge in [0.15, 0.2) is 5.82 Å². The maximum absolute atomic E-state index is 6.50. The van der Waals surface area contributed by atoms with Crippen LogP contribution in [0.3, 0.4) is 0 Å². The van der Waals surface area contributed by atoms with E-state index in [0.29, 0.717) is 5.82 Å². The Morgan fingerprint density at radius 2 is 0.857 bits per heavy atom. The first-order valence-corrected chi connectivity index (χ1v) is 16.4. The highest BCUT2D eigenvalue weighted by Crippen LogP contribution is 2.41. The smallest absolute Gasteiger partial charge is 0.160 e. The summed E-state index contributed by atoms with van der Waals surface area (Å²) >= 11 is 0. The first-order valence-electron chi connectivity index (χ1n) is 16.4. The van der Waals surface area contributed by atoms with E-state index < -0.39 is 0 Å². The van der Waals surface area contributed by atoms with Crippen LogP contribution in [0.4, 0.5) is 0 Å². The van der Waals surface area contributed by atoms with Crippen LogP contribution >= 0.6 is 0 Å². The molecule has 0 atom stereocenters. The molecular weight excluding hydrogens is 599 g/mol. The lowest BCUT2D eigenvalue weighted by molar-refractivity contribution is 0.673. The minimum Gasteiger partial charge on any atom is -0.455 e. The number of furan rings is 1. The SMILES string of the molecule is c1ccc(-c2nc(-c3ccc(-c4ccc(-c5nc6ccccc6c6c5ccc5c7ccccc7oc56)cc4)cc3)nc3ccccc23)cc1. The van der Waals surface area contributed by atoms with Crippen molar-refractivity contribution in [3.05, 3.63) is 164 Å². The summed E-state index contributed by atoms with van der Waals surface area (Å²) in [5, 5.41) is 6.56. The molecule has 4 heteroatoms.